The molecule has 0 heterocycles. The third-order valence-electron chi connectivity index (χ3n) is 7.59. The first kappa shape index (κ1) is 37.9. The molecule has 0 aliphatic rings. The van der Waals surface area contributed by atoms with E-state index in [0.717, 1.165) is 32.1 Å². The predicted molar refractivity (Wildman–Crippen MR) is 164 cm³/mol. The molecule has 232 valence electrons. The zero-order chi connectivity index (χ0) is 28.7. The average molecular weight is 555 g/mol. The van der Waals surface area contributed by atoms with Crippen molar-refractivity contribution in [2.75, 3.05) is 13.2 Å². The number of aliphatic hydroxyl groups excluding tert-OH is 1. The number of ether oxygens (including phenoxy) is 2. The highest BCUT2D eigenvalue weighted by molar-refractivity contribution is 5.69. The molecule has 5 heteroatoms. The second-order valence-corrected chi connectivity index (χ2v) is 11.7. The number of esters is 2. The Morgan fingerprint density at radius 3 is 0.923 bits per heavy atom. The fourth-order valence-corrected chi connectivity index (χ4v) is 4.97. The second kappa shape index (κ2) is 31.4. The fourth-order valence-electron chi connectivity index (χ4n) is 4.97. The van der Waals surface area contributed by atoms with E-state index in [2.05, 4.69) is 13.8 Å². The minimum Gasteiger partial charge on any atom is -0.463 e. The summed E-state index contributed by atoms with van der Waals surface area (Å²) in [6.07, 6.45) is 31.5. The van der Waals surface area contributed by atoms with Crippen molar-refractivity contribution in [2.24, 2.45) is 0 Å². The number of unbranched alkanes of at least 4 members (excludes halogenated alkanes) is 23. The van der Waals surface area contributed by atoms with Crippen LogP contribution in [0.1, 0.15) is 187 Å². The van der Waals surface area contributed by atoms with Crippen molar-refractivity contribution in [1.82, 2.24) is 0 Å². The van der Waals surface area contributed by atoms with Gasteiger partial charge in [0.15, 0.2) is 0 Å². The zero-order valence-electron chi connectivity index (χ0n) is 26.2. The van der Waals surface area contributed by atoms with Crippen LogP contribution in [0.4, 0.5) is 0 Å². The van der Waals surface area contributed by atoms with Crippen LogP contribution in [0.25, 0.3) is 0 Å². The van der Waals surface area contributed by atoms with Crippen LogP contribution in [0.3, 0.4) is 0 Å². The third kappa shape index (κ3) is 31.3. The summed E-state index contributed by atoms with van der Waals surface area (Å²) in [6.45, 7) is 4.29. The summed E-state index contributed by atoms with van der Waals surface area (Å²) in [7, 11) is 0. The summed E-state index contributed by atoms with van der Waals surface area (Å²) in [5.74, 6) is -0.558. The lowest BCUT2D eigenvalue weighted by Gasteiger charge is -2.12. The van der Waals surface area contributed by atoms with Gasteiger partial charge in [0, 0.05) is 12.8 Å². The van der Waals surface area contributed by atoms with Gasteiger partial charge in [0.25, 0.3) is 0 Å². The minimum atomic E-state index is -0.952. The lowest BCUT2D eigenvalue weighted by Crippen LogP contribution is -2.25. The maximum Gasteiger partial charge on any atom is 0.305 e. The van der Waals surface area contributed by atoms with Crippen LogP contribution in [-0.4, -0.2) is 36.4 Å². The zero-order valence-corrected chi connectivity index (χ0v) is 26.2. The Kier molecular flexibility index (Phi) is 30.5. The molecule has 0 aliphatic carbocycles. The normalized spacial score (nSPS) is 12.0. The molecule has 0 bridgehead atoms. The standard InChI is InChI=1S/C34H66O5/c1-3-5-7-9-11-13-14-15-16-17-18-19-21-23-25-27-29-34(37)39-31-32(35)30-38-33(36)28-26-24-22-20-12-10-8-6-4-2/h32,35H,3-31H2,1-2H3/t32-/m0/s1. The molecule has 0 aromatic carbocycles. The van der Waals surface area contributed by atoms with Crippen LogP contribution in [0.15, 0.2) is 0 Å². The summed E-state index contributed by atoms with van der Waals surface area (Å²) < 4.78 is 10.3. The summed E-state index contributed by atoms with van der Waals surface area (Å²) in [5.41, 5.74) is 0. The molecular weight excluding hydrogens is 488 g/mol. The molecule has 0 aromatic heterocycles. The lowest BCUT2D eigenvalue weighted by molar-refractivity contribution is -0.152. The Morgan fingerprint density at radius 2 is 0.667 bits per heavy atom. The van der Waals surface area contributed by atoms with Crippen LogP contribution >= 0.6 is 0 Å². The molecular formula is C34H66O5. The molecule has 0 aromatic rings. The van der Waals surface area contributed by atoms with Crippen molar-refractivity contribution in [3.05, 3.63) is 0 Å². The number of rotatable bonds is 31. The second-order valence-electron chi connectivity index (χ2n) is 11.7. The van der Waals surface area contributed by atoms with E-state index in [0.29, 0.717) is 12.8 Å². The molecule has 0 radical (unpaired) electrons. The van der Waals surface area contributed by atoms with Crippen molar-refractivity contribution < 1.29 is 24.2 Å². The number of carbonyl (C=O) groups is 2. The van der Waals surface area contributed by atoms with Gasteiger partial charge < -0.3 is 14.6 Å². The SMILES string of the molecule is CCCCCCCCCCCCCCCCCCC(=O)OC[C@@H](O)COC(=O)CCCCCCCCCCC. The average Bonchev–Trinajstić information content (AvgIpc) is 2.93. The molecule has 0 fully saturated rings. The third-order valence-corrected chi connectivity index (χ3v) is 7.59. The summed E-state index contributed by atoms with van der Waals surface area (Å²) in [6, 6.07) is 0. The summed E-state index contributed by atoms with van der Waals surface area (Å²) in [5, 5.41) is 9.94. The molecule has 1 atom stereocenters. The van der Waals surface area contributed by atoms with Crippen molar-refractivity contribution >= 4 is 11.9 Å². The Labute approximate surface area is 242 Å². The van der Waals surface area contributed by atoms with Gasteiger partial charge in [-0.05, 0) is 12.8 Å². The van der Waals surface area contributed by atoms with Gasteiger partial charge >= 0.3 is 11.9 Å². The summed E-state index contributed by atoms with van der Waals surface area (Å²) in [4.78, 5) is 23.7. The Balaban J connectivity index is 3.38. The van der Waals surface area contributed by atoms with E-state index in [9.17, 15) is 14.7 Å². The van der Waals surface area contributed by atoms with E-state index < -0.39 is 6.10 Å². The van der Waals surface area contributed by atoms with Gasteiger partial charge in [0.1, 0.15) is 19.3 Å². The maximum absolute atomic E-state index is 11.9. The molecule has 0 rings (SSSR count). The smallest absolute Gasteiger partial charge is 0.305 e. The van der Waals surface area contributed by atoms with Gasteiger partial charge in [-0.15, -0.1) is 0 Å². The highest BCUT2D eigenvalue weighted by atomic mass is 16.6. The Morgan fingerprint density at radius 1 is 0.436 bits per heavy atom. The molecule has 0 spiro atoms. The maximum atomic E-state index is 11.9. The van der Waals surface area contributed by atoms with Gasteiger partial charge in [-0.1, -0.05) is 162 Å². The van der Waals surface area contributed by atoms with E-state index in [1.54, 1.807) is 0 Å². The molecule has 0 aliphatic heterocycles. The van der Waals surface area contributed by atoms with Crippen molar-refractivity contribution in [1.29, 1.82) is 0 Å². The Hall–Kier alpha value is -1.10. The van der Waals surface area contributed by atoms with Gasteiger partial charge in [-0.3, -0.25) is 9.59 Å². The van der Waals surface area contributed by atoms with Gasteiger partial charge in [0.2, 0.25) is 0 Å². The van der Waals surface area contributed by atoms with Gasteiger partial charge in [-0.25, -0.2) is 0 Å². The van der Waals surface area contributed by atoms with E-state index in [4.69, 9.17) is 9.47 Å². The number of hydrogen-bond acceptors (Lipinski definition) is 5. The number of aliphatic hydroxyl groups is 1. The molecule has 0 saturated heterocycles. The molecule has 5 nitrogen and oxygen atoms in total. The first-order chi connectivity index (χ1) is 19.1. The molecule has 39 heavy (non-hydrogen) atoms. The van der Waals surface area contributed by atoms with Crippen LogP contribution in [-0.2, 0) is 19.1 Å². The lowest BCUT2D eigenvalue weighted by atomic mass is 10.0. The van der Waals surface area contributed by atoms with Crippen LogP contribution in [0, 0.1) is 0 Å². The van der Waals surface area contributed by atoms with E-state index in [1.807, 2.05) is 0 Å². The molecule has 0 unspecified atom stereocenters. The number of carbonyl (C=O) groups excluding carboxylic acids is 2. The first-order valence-electron chi connectivity index (χ1n) is 17.1. The fraction of sp³-hybridized carbons (Fsp3) is 0.941. The Bertz CT molecular complexity index is 522. The predicted octanol–water partition coefficient (Wildman–Crippen LogP) is 10.0. The topological polar surface area (TPSA) is 72.8 Å². The van der Waals surface area contributed by atoms with Crippen molar-refractivity contribution in [3.8, 4) is 0 Å². The quantitative estimate of drug-likeness (QED) is 0.0681. The largest absolute Gasteiger partial charge is 0.463 e. The molecule has 0 saturated carbocycles. The van der Waals surface area contributed by atoms with Crippen LogP contribution in [0.2, 0.25) is 0 Å². The van der Waals surface area contributed by atoms with E-state index in [-0.39, 0.29) is 25.2 Å². The monoisotopic (exact) mass is 554 g/mol. The molecule has 0 amide bonds. The van der Waals surface area contributed by atoms with Gasteiger partial charge in [-0.2, -0.15) is 0 Å². The minimum absolute atomic E-state index is 0.108. The number of hydrogen-bond donors (Lipinski definition) is 1. The van der Waals surface area contributed by atoms with E-state index >= 15 is 0 Å². The molecule has 1 N–H and O–H groups in total. The van der Waals surface area contributed by atoms with Crippen molar-refractivity contribution in [2.45, 2.75) is 193 Å². The van der Waals surface area contributed by atoms with Gasteiger partial charge in [0.05, 0.1) is 0 Å². The van der Waals surface area contributed by atoms with Crippen LogP contribution < -0.4 is 0 Å². The van der Waals surface area contributed by atoms with E-state index in [1.165, 1.54) is 128 Å². The summed E-state index contributed by atoms with van der Waals surface area (Å²) >= 11 is 0. The first-order valence-corrected chi connectivity index (χ1v) is 17.1. The highest BCUT2D eigenvalue weighted by Crippen LogP contribution is 2.14. The highest BCUT2D eigenvalue weighted by Gasteiger charge is 2.12. The van der Waals surface area contributed by atoms with Crippen LogP contribution in [0.5, 0.6) is 0 Å². The van der Waals surface area contributed by atoms with Crippen molar-refractivity contribution in [3.63, 3.8) is 0 Å².